The van der Waals surface area contributed by atoms with Gasteiger partial charge in [0.2, 0.25) is 0 Å². The first kappa shape index (κ1) is 16.2. The van der Waals surface area contributed by atoms with Gasteiger partial charge in [0.05, 0.1) is 34.4 Å². The Labute approximate surface area is 186 Å². The van der Waals surface area contributed by atoms with Gasteiger partial charge in [0.1, 0.15) is 29.9 Å². The maximum atomic E-state index is 14.8. The summed E-state index contributed by atoms with van der Waals surface area (Å²) in [6, 6.07) is 2.71. The van der Waals surface area contributed by atoms with Crippen molar-refractivity contribution in [3.05, 3.63) is 88.2 Å². The van der Waals surface area contributed by atoms with Crippen LogP contribution in [0.25, 0.3) is 11.3 Å². The van der Waals surface area contributed by atoms with Crippen molar-refractivity contribution in [2.24, 2.45) is 0 Å². The third-order valence-corrected chi connectivity index (χ3v) is 5.90. The fourth-order valence-electron chi connectivity index (χ4n) is 3.16. The Kier molecular flexibility index (Phi) is 4.37. The second-order valence-corrected chi connectivity index (χ2v) is 7.69. The van der Waals surface area contributed by atoms with Gasteiger partial charge in [-0.1, -0.05) is 25.1 Å². The molecule has 9 heteroatoms. The third kappa shape index (κ3) is 4.08. The molecule has 0 aliphatic carbocycles. The normalized spacial score (nSPS) is 15.8. The molecule has 31 heavy (non-hydrogen) atoms. The highest BCUT2D eigenvalue weighted by molar-refractivity contribution is 7.10. The van der Waals surface area contributed by atoms with E-state index in [0.29, 0.717) is 11.1 Å². The van der Waals surface area contributed by atoms with Crippen LogP contribution in [0.3, 0.4) is 0 Å². The summed E-state index contributed by atoms with van der Waals surface area (Å²) in [5.74, 6) is -2.64. The van der Waals surface area contributed by atoms with Crippen LogP contribution in [0, 0.1) is 23.0 Å². The van der Waals surface area contributed by atoms with Crippen molar-refractivity contribution in [2.75, 3.05) is 0 Å². The molecule has 6 nitrogen and oxygen atoms in total. The number of aliphatic hydroxyl groups is 1. The number of nitriles is 1. The summed E-state index contributed by atoms with van der Waals surface area (Å²) in [5.41, 5.74) is -2.48. The predicted molar refractivity (Wildman–Crippen MR) is 111 cm³/mol. The maximum absolute atomic E-state index is 14.8. The number of hydrogen-bond acceptors (Lipinski definition) is 6. The summed E-state index contributed by atoms with van der Waals surface area (Å²) in [4.78, 5) is 8.27. The van der Waals surface area contributed by atoms with Crippen molar-refractivity contribution in [3.8, 4) is 17.3 Å². The molecule has 1 N–H and O–H groups in total. The molecule has 2 heterocycles. The number of benzene rings is 2. The third-order valence-electron chi connectivity index (χ3n) is 4.87. The number of aromatic nitrogens is 4. The second kappa shape index (κ2) is 8.34. The summed E-state index contributed by atoms with van der Waals surface area (Å²) in [5, 5.41) is 26.7. The number of rotatable bonds is 6. The van der Waals surface area contributed by atoms with Crippen LogP contribution < -0.4 is 0 Å². The summed E-state index contributed by atoms with van der Waals surface area (Å²) >= 11 is 1.07. The topological polar surface area (TPSA) is 87.6 Å². The Hall–Kier alpha value is -3.48. The predicted octanol–water partition coefficient (Wildman–Crippen LogP) is 4.24. The smallest absolute Gasteiger partial charge is 0.137 e. The molecule has 0 radical (unpaired) electrons. The molecule has 0 amide bonds. The SMILES string of the molecule is [2H]c1c([2H])c(-c2csc([C@H](C)C(O)(Cn3cncn3)c3ccc(F)cc3F)n2)c([2H])c([2H])c1C#N. The van der Waals surface area contributed by atoms with Crippen LogP contribution in [0.4, 0.5) is 8.78 Å². The number of nitrogens with zero attached hydrogens (tertiary/aromatic N) is 5. The molecule has 2 aromatic carbocycles. The molecule has 4 aromatic rings. The van der Waals surface area contributed by atoms with Gasteiger partial charge in [0.25, 0.3) is 0 Å². The van der Waals surface area contributed by atoms with Crippen LogP contribution in [0.2, 0.25) is 0 Å². The van der Waals surface area contributed by atoms with Crippen LogP contribution >= 0.6 is 11.3 Å². The molecule has 1 unspecified atom stereocenters. The Morgan fingerprint density at radius 2 is 2.10 bits per heavy atom. The van der Waals surface area contributed by atoms with E-state index >= 15 is 0 Å². The van der Waals surface area contributed by atoms with Crippen molar-refractivity contribution in [1.29, 1.82) is 5.26 Å². The summed E-state index contributed by atoms with van der Waals surface area (Å²) in [7, 11) is 0. The molecule has 156 valence electrons. The van der Waals surface area contributed by atoms with Crippen molar-refractivity contribution < 1.29 is 19.4 Å². The molecular formula is C22H17F2N5OS. The quantitative estimate of drug-likeness (QED) is 0.484. The van der Waals surface area contributed by atoms with Gasteiger partial charge in [-0.2, -0.15) is 10.4 Å². The molecule has 0 aliphatic rings. The van der Waals surface area contributed by atoms with Gasteiger partial charge >= 0.3 is 0 Å². The van der Waals surface area contributed by atoms with E-state index in [9.17, 15) is 13.9 Å². The zero-order valence-corrected chi connectivity index (χ0v) is 16.9. The Morgan fingerprint density at radius 1 is 1.32 bits per heavy atom. The highest BCUT2D eigenvalue weighted by Gasteiger charge is 2.41. The minimum absolute atomic E-state index is 0.0959. The lowest BCUT2D eigenvalue weighted by molar-refractivity contribution is -0.0112. The first-order chi connectivity index (χ1) is 16.6. The fraction of sp³-hybridized carbons (Fsp3) is 0.182. The van der Waals surface area contributed by atoms with Crippen LogP contribution in [0.5, 0.6) is 0 Å². The lowest BCUT2D eigenvalue weighted by Crippen LogP contribution is -2.38. The van der Waals surface area contributed by atoms with Crippen molar-refractivity contribution >= 4 is 11.3 Å². The van der Waals surface area contributed by atoms with Gasteiger partial charge in [-0.3, -0.25) is 0 Å². The molecule has 2 atom stereocenters. The van der Waals surface area contributed by atoms with Crippen molar-refractivity contribution in [3.63, 3.8) is 0 Å². The van der Waals surface area contributed by atoms with E-state index in [4.69, 9.17) is 10.7 Å². The van der Waals surface area contributed by atoms with E-state index in [1.54, 1.807) is 13.0 Å². The average Bonchev–Trinajstić information content (AvgIpc) is 3.50. The van der Waals surface area contributed by atoms with Crippen molar-refractivity contribution in [1.82, 2.24) is 19.7 Å². The van der Waals surface area contributed by atoms with E-state index in [0.717, 1.165) is 23.5 Å². The Bertz CT molecular complexity index is 1430. The van der Waals surface area contributed by atoms with E-state index < -0.39 is 47.3 Å². The van der Waals surface area contributed by atoms with E-state index in [-0.39, 0.29) is 28.9 Å². The second-order valence-electron chi connectivity index (χ2n) is 6.80. The molecule has 0 spiro atoms. The van der Waals surface area contributed by atoms with Gasteiger partial charge in [-0.25, -0.2) is 23.4 Å². The van der Waals surface area contributed by atoms with Crippen LogP contribution in [0.15, 0.2) is 60.4 Å². The van der Waals surface area contributed by atoms with Gasteiger partial charge in [-0.15, -0.1) is 11.3 Å². The van der Waals surface area contributed by atoms with Gasteiger partial charge in [-0.05, 0) is 18.2 Å². The zero-order chi connectivity index (χ0) is 25.5. The van der Waals surface area contributed by atoms with Gasteiger partial charge in [0.15, 0.2) is 0 Å². The van der Waals surface area contributed by atoms with Crippen LogP contribution in [0.1, 0.15) is 34.5 Å². The highest BCUT2D eigenvalue weighted by atomic mass is 32.1. The minimum Gasteiger partial charge on any atom is -0.382 e. The van der Waals surface area contributed by atoms with Crippen LogP contribution in [-0.4, -0.2) is 24.9 Å². The number of hydrogen-bond donors (Lipinski definition) is 1. The molecule has 0 fully saturated rings. The van der Waals surface area contributed by atoms with Gasteiger partial charge < -0.3 is 5.11 Å². The lowest BCUT2D eigenvalue weighted by Gasteiger charge is -2.33. The van der Waals surface area contributed by atoms with Gasteiger partial charge in [0, 0.05) is 28.5 Å². The van der Waals surface area contributed by atoms with Crippen LogP contribution in [-0.2, 0) is 12.1 Å². The monoisotopic (exact) mass is 441 g/mol. The average molecular weight is 441 g/mol. The molecular weight excluding hydrogens is 420 g/mol. The lowest BCUT2D eigenvalue weighted by atomic mass is 9.82. The fourth-order valence-corrected chi connectivity index (χ4v) is 4.11. The number of halogens is 2. The maximum Gasteiger partial charge on any atom is 0.137 e. The van der Waals surface area contributed by atoms with Crippen molar-refractivity contribution in [2.45, 2.75) is 25.0 Å². The minimum atomic E-state index is -1.94. The number of thiazole rings is 1. The summed E-state index contributed by atoms with van der Waals surface area (Å²) in [6.45, 7) is 1.36. The zero-order valence-electron chi connectivity index (χ0n) is 20.1. The standard InChI is InChI=1S/C22H17F2N5OS/c1-14(21-28-20(10-31-21)16-4-2-15(9-25)3-5-16)22(30,11-29-13-26-12-27-29)18-7-6-17(23)8-19(18)24/h2-8,10,12-14,30H,11H2,1H3/t14-,22?/m0/s1/i2D,3D,4D,5D. The highest BCUT2D eigenvalue weighted by Crippen LogP contribution is 2.41. The summed E-state index contributed by atoms with van der Waals surface area (Å²) < 4.78 is 62.2. The van der Waals surface area contributed by atoms with E-state index in [2.05, 4.69) is 15.1 Å². The Balaban J connectivity index is 1.82. The largest absolute Gasteiger partial charge is 0.382 e. The molecule has 0 aliphatic heterocycles. The first-order valence-electron chi connectivity index (χ1n) is 11.0. The molecule has 0 saturated carbocycles. The van der Waals surface area contributed by atoms with E-state index in [1.807, 2.05) is 0 Å². The molecule has 0 bridgehead atoms. The Morgan fingerprint density at radius 3 is 2.74 bits per heavy atom. The van der Waals surface area contributed by atoms with E-state index in [1.165, 1.54) is 22.7 Å². The first-order valence-corrected chi connectivity index (χ1v) is 9.93. The summed E-state index contributed by atoms with van der Waals surface area (Å²) in [6.07, 6.45) is 2.59. The molecule has 2 aromatic heterocycles. The molecule has 4 rings (SSSR count). The molecule has 0 saturated heterocycles.